The second-order valence-electron chi connectivity index (χ2n) is 5.02. The Morgan fingerprint density at radius 2 is 1.94 bits per heavy atom. The standard InChI is InChI=1S/C11H22N2O3S/c1-11(2,3)8(12)9(14)13-7(10(15)16)5-6-17-4/h7-8H,5-6,12H2,1-4H3,(H,13,14)(H,15,16)/t7-,8+/m0/s1. The molecule has 5 nitrogen and oxygen atoms in total. The molecule has 17 heavy (non-hydrogen) atoms. The summed E-state index contributed by atoms with van der Waals surface area (Å²) in [5, 5.41) is 11.4. The third-order valence-corrected chi connectivity index (χ3v) is 3.08. The van der Waals surface area contributed by atoms with E-state index in [1.165, 1.54) is 0 Å². The first-order valence-electron chi connectivity index (χ1n) is 5.48. The summed E-state index contributed by atoms with van der Waals surface area (Å²) in [5.41, 5.74) is 5.38. The second kappa shape index (κ2) is 6.86. The highest BCUT2D eigenvalue weighted by Crippen LogP contribution is 2.17. The van der Waals surface area contributed by atoms with Gasteiger partial charge in [0.1, 0.15) is 6.04 Å². The van der Waals surface area contributed by atoms with E-state index in [0.29, 0.717) is 12.2 Å². The molecule has 0 aliphatic carbocycles. The van der Waals surface area contributed by atoms with E-state index in [-0.39, 0.29) is 5.41 Å². The molecule has 6 heteroatoms. The summed E-state index contributed by atoms with van der Waals surface area (Å²) in [7, 11) is 0. The molecule has 0 spiro atoms. The molecule has 100 valence electrons. The Morgan fingerprint density at radius 1 is 1.41 bits per heavy atom. The molecule has 1 amide bonds. The largest absolute Gasteiger partial charge is 0.480 e. The van der Waals surface area contributed by atoms with Crippen LogP contribution in [0.15, 0.2) is 0 Å². The van der Waals surface area contributed by atoms with Crippen molar-refractivity contribution in [2.24, 2.45) is 11.1 Å². The van der Waals surface area contributed by atoms with Crippen molar-refractivity contribution >= 4 is 23.6 Å². The van der Waals surface area contributed by atoms with Crippen molar-refractivity contribution in [1.82, 2.24) is 5.32 Å². The predicted molar refractivity (Wildman–Crippen MR) is 70.0 cm³/mol. The van der Waals surface area contributed by atoms with Gasteiger partial charge in [-0.15, -0.1) is 0 Å². The number of hydrogen-bond donors (Lipinski definition) is 3. The second-order valence-corrected chi connectivity index (χ2v) is 6.01. The van der Waals surface area contributed by atoms with Gasteiger partial charge in [-0.1, -0.05) is 20.8 Å². The van der Waals surface area contributed by atoms with Crippen molar-refractivity contribution in [3.63, 3.8) is 0 Å². The third kappa shape index (κ3) is 5.93. The van der Waals surface area contributed by atoms with Gasteiger partial charge in [0.25, 0.3) is 0 Å². The zero-order chi connectivity index (χ0) is 13.6. The van der Waals surface area contributed by atoms with Gasteiger partial charge in [-0.05, 0) is 23.8 Å². The molecule has 0 heterocycles. The van der Waals surface area contributed by atoms with Gasteiger partial charge in [-0.3, -0.25) is 4.79 Å². The molecular weight excluding hydrogens is 240 g/mol. The lowest BCUT2D eigenvalue weighted by molar-refractivity contribution is -0.142. The van der Waals surface area contributed by atoms with Gasteiger partial charge in [0.05, 0.1) is 6.04 Å². The molecule has 0 saturated heterocycles. The zero-order valence-corrected chi connectivity index (χ0v) is 11.6. The van der Waals surface area contributed by atoms with E-state index in [9.17, 15) is 9.59 Å². The first-order valence-corrected chi connectivity index (χ1v) is 6.87. The average Bonchev–Trinajstić information content (AvgIpc) is 2.20. The van der Waals surface area contributed by atoms with Crippen molar-refractivity contribution < 1.29 is 14.7 Å². The lowest BCUT2D eigenvalue weighted by Gasteiger charge is -2.27. The number of carbonyl (C=O) groups is 2. The van der Waals surface area contributed by atoms with Crippen LogP contribution in [-0.2, 0) is 9.59 Å². The number of carboxylic acids is 1. The Bertz CT molecular complexity index is 276. The number of carbonyl (C=O) groups excluding carboxylic acids is 1. The predicted octanol–water partition coefficient (Wildman–Crippen LogP) is 0.682. The Morgan fingerprint density at radius 3 is 2.29 bits per heavy atom. The molecule has 0 radical (unpaired) electrons. The molecule has 0 fully saturated rings. The SMILES string of the molecule is CSCC[C@H](NC(=O)[C@@H](N)C(C)(C)C)C(=O)O. The first-order chi connectivity index (χ1) is 7.70. The fourth-order valence-electron chi connectivity index (χ4n) is 1.15. The van der Waals surface area contributed by atoms with Crippen molar-refractivity contribution in [2.45, 2.75) is 39.3 Å². The van der Waals surface area contributed by atoms with Crippen LogP contribution in [0.25, 0.3) is 0 Å². The van der Waals surface area contributed by atoms with Gasteiger partial charge < -0.3 is 16.2 Å². The number of nitrogens with one attached hydrogen (secondary N) is 1. The summed E-state index contributed by atoms with van der Waals surface area (Å²) >= 11 is 1.54. The number of thioether (sulfide) groups is 1. The first kappa shape index (κ1) is 16.2. The van der Waals surface area contributed by atoms with Crippen molar-refractivity contribution in [2.75, 3.05) is 12.0 Å². The lowest BCUT2D eigenvalue weighted by Crippen LogP contribution is -2.53. The van der Waals surface area contributed by atoms with E-state index in [4.69, 9.17) is 10.8 Å². The Hall–Kier alpha value is -0.750. The summed E-state index contributed by atoms with van der Waals surface area (Å²) in [6, 6.07) is -1.57. The molecule has 0 aromatic heterocycles. The van der Waals surface area contributed by atoms with Crippen LogP contribution in [0, 0.1) is 5.41 Å². The zero-order valence-electron chi connectivity index (χ0n) is 10.8. The maximum atomic E-state index is 11.8. The molecule has 0 bridgehead atoms. The quantitative estimate of drug-likeness (QED) is 0.654. The lowest BCUT2D eigenvalue weighted by atomic mass is 9.87. The summed E-state index contributed by atoms with van der Waals surface area (Å²) in [6.07, 6.45) is 2.29. The highest BCUT2D eigenvalue weighted by Gasteiger charge is 2.30. The van der Waals surface area contributed by atoms with E-state index in [2.05, 4.69) is 5.32 Å². The van der Waals surface area contributed by atoms with Crippen molar-refractivity contribution in [3.8, 4) is 0 Å². The third-order valence-electron chi connectivity index (χ3n) is 2.44. The molecule has 4 N–H and O–H groups in total. The average molecular weight is 262 g/mol. The normalized spacial score (nSPS) is 15.1. The van der Waals surface area contributed by atoms with Crippen LogP contribution >= 0.6 is 11.8 Å². The highest BCUT2D eigenvalue weighted by molar-refractivity contribution is 7.98. The monoisotopic (exact) mass is 262 g/mol. The number of aliphatic carboxylic acids is 1. The molecule has 0 aromatic rings. The van der Waals surface area contributed by atoms with Crippen LogP contribution < -0.4 is 11.1 Å². The minimum Gasteiger partial charge on any atom is -0.480 e. The Balaban J connectivity index is 4.45. The van der Waals surface area contributed by atoms with Crippen LogP contribution in [0.1, 0.15) is 27.2 Å². The molecule has 0 aliphatic heterocycles. The van der Waals surface area contributed by atoms with Gasteiger partial charge in [0.15, 0.2) is 0 Å². The molecule has 0 aliphatic rings. The van der Waals surface area contributed by atoms with Gasteiger partial charge in [0.2, 0.25) is 5.91 Å². The number of nitrogens with two attached hydrogens (primary N) is 1. The van der Waals surface area contributed by atoms with E-state index in [0.717, 1.165) is 0 Å². The fourth-order valence-corrected chi connectivity index (χ4v) is 1.62. The maximum absolute atomic E-state index is 11.8. The van der Waals surface area contributed by atoms with Crippen LogP contribution in [0.2, 0.25) is 0 Å². The molecule has 0 aromatic carbocycles. The number of hydrogen-bond acceptors (Lipinski definition) is 4. The van der Waals surface area contributed by atoms with E-state index in [1.807, 2.05) is 27.0 Å². The van der Waals surface area contributed by atoms with Crippen LogP contribution in [-0.4, -0.2) is 41.1 Å². The molecule has 2 atom stereocenters. The summed E-state index contributed by atoms with van der Waals surface area (Å²) < 4.78 is 0. The number of rotatable bonds is 6. The summed E-state index contributed by atoms with van der Waals surface area (Å²) in [5.74, 6) is -0.748. The smallest absolute Gasteiger partial charge is 0.326 e. The maximum Gasteiger partial charge on any atom is 0.326 e. The van der Waals surface area contributed by atoms with Gasteiger partial charge in [-0.25, -0.2) is 4.79 Å². The van der Waals surface area contributed by atoms with Crippen LogP contribution in [0.3, 0.4) is 0 Å². The van der Waals surface area contributed by atoms with Crippen molar-refractivity contribution in [3.05, 3.63) is 0 Å². The molecular formula is C11H22N2O3S. The van der Waals surface area contributed by atoms with Crippen molar-refractivity contribution in [1.29, 1.82) is 0 Å². The van der Waals surface area contributed by atoms with Crippen LogP contribution in [0.5, 0.6) is 0 Å². The molecule has 0 saturated carbocycles. The number of carboxylic acid groups (broad SMARTS) is 1. The topological polar surface area (TPSA) is 92.4 Å². The molecule has 0 rings (SSSR count). The van der Waals surface area contributed by atoms with Gasteiger partial charge >= 0.3 is 5.97 Å². The molecule has 0 unspecified atom stereocenters. The van der Waals surface area contributed by atoms with E-state index >= 15 is 0 Å². The van der Waals surface area contributed by atoms with E-state index < -0.39 is 24.0 Å². The fraction of sp³-hybridized carbons (Fsp3) is 0.818. The summed E-state index contributed by atoms with van der Waals surface area (Å²) in [4.78, 5) is 22.7. The number of amides is 1. The van der Waals surface area contributed by atoms with Gasteiger partial charge in [0, 0.05) is 0 Å². The van der Waals surface area contributed by atoms with Crippen LogP contribution in [0.4, 0.5) is 0 Å². The minimum atomic E-state index is -1.02. The minimum absolute atomic E-state index is 0.382. The Labute approximate surface area is 107 Å². The van der Waals surface area contributed by atoms with E-state index in [1.54, 1.807) is 11.8 Å². The Kier molecular flexibility index (Phi) is 6.56. The highest BCUT2D eigenvalue weighted by atomic mass is 32.2. The summed E-state index contributed by atoms with van der Waals surface area (Å²) in [6.45, 7) is 5.53. The van der Waals surface area contributed by atoms with Gasteiger partial charge in [-0.2, -0.15) is 11.8 Å².